The molecule has 0 aliphatic carbocycles. The molecule has 1 aromatic heterocycles. The third-order valence-corrected chi connectivity index (χ3v) is 3.49. The van der Waals surface area contributed by atoms with Gasteiger partial charge in [-0.05, 0) is 35.9 Å². The third-order valence-electron chi connectivity index (χ3n) is 3.24. The number of benzene rings is 2. The number of pyridine rings is 1. The van der Waals surface area contributed by atoms with Crippen molar-refractivity contribution < 1.29 is 4.74 Å². The molecule has 0 amide bonds. The average molecular weight is 296 g/mol. The highest BCUT2D eigenvalue weighted by Crippen LogP contribution is 2.24. The van der Waals surface area contributed by atoms with Gasteiger partial charge in [0.15, 0.2) is 0 Å². The van der Waals surface area contributed by atoms with Gasteiger partial charge in [-0.25, -0.2) is 4.98 Å². The van der Waals surface area contributed by atoms with Crippen molar-refractivity contribution in [3.63, 3.8) is 0 Å². The molecule has 0 N–H and O–H groups in total. The molecule has 2 nitrogen and oxygen atoms in total. The van der Waals surface area contributed by atoms with Crippen molar-refractivity contribution in [2.24, 2.45) is 0 Å². The maximum absolute atomic E-state index is 5.88. The van der Waals surface area contributed by atoms with E-state index in [4.69, 9.17) is 16.3 Å². The van der Waals surface area contributed by atoms with Crippen molar-refractivity contribution in [2.75, 3.05) is 7.11 Å². The molecule has 2 aromatic carbocycles. The van der Waals surface area contributed by atoms with Crippen molar-refractivity contribution >= 4 is 34.7 Å². The number of para-hydroxylation sites is 1. The summed E-state index contributed by atoms with van der Waals surface area (Å²) < 4.78 is 5.36. The minimum atomic E-state index is 0.737. The molecule has 104 valence electrons. The van der Waals surface area contributed by atoms with Crippen molar-refractivity contribution in [3.05, 3.63) is 70.9 Å². The summed E-state index contributed by atoms with van der Waals surface area (Å²) in [6.45, 7) is 0. The van der Waals surface area contributed by atoms with Gasteiger partial charge in [-0.1, -0.05) is 48.0 Å². The predicted molar refractivity (Wildman–Crippen MR) is 88.7 cm³/mol. The third kappa shape index (κ3) is 3.06. The highest BCUT2D eigenvalue weighted by molar-refractivity contribution is 6.30. The first kappa shape index (κ1) is 13.7. The normalized spacial score (nSPS) is 11.1. The molecule has 0 saturated heterocycles. The summed E-state index contributed by atoms with van der Waals surface area (Å²) in [6.07, 6.45) is 4.00. The van der Waals surface area contributed by atoms with Gasteiger partial charge in [-0.15, -0.1) is 0 Å². The lowest BCUT2D eigenvalue weighted by atomic mass is 10.1. The summed E-state index contributed by atoms with van der Waals surface area (Å²) in [6, 6.07) is 17.6. The molecule has 0 fully saturated rings. The van der Waals surface area contributed by atoms with E-state index in [1.54, 1.807) is 7.11 Å². The number of ether oxygens (including phenoxy) is 1. The molecule has 1 heterocycles. The van der Waals surface area contributed by atoms with Gasteiger partial charge in [-0.3, -0.25) is 0 Å². The van der Waals surface area contributed by atoms with E-state index in [0.717, 1.165) is 32.9 Å². The fourth-order valence-corrected chi connectivity index (χ4v) is 2.27. The van der Waals surface area contributed by atoms with E-state index in [2.05, 4.69) is 4.98 Å². The van der Waals surface area contributed by atoms with E-state index in [1.165, 1.54) is 0 Å². The van der Waals surface area contributed by atoms with Crippen molar-refractivity contribution in [2.45, 2.75) is 0 Å². The van der Waals surface area contributed by atoms with E-state index in [-0.39, 0.29) is 0 Å². The first-order chi connectivity index (χ1) is 10.3. The quantitative estimate of drug-likeness (QED) is 0.673. The second-order valence-electron chi connectivity index (χ2n) is 4.65. The average Bonchev–Trinajstić information content (AvgIpc) is 2.53. The fraction of sp³-hybridized carbons (Fsp3) is 0.0556. The second kappa shape index (κ2) is 5.98. The zero-order chi connectivity index (χ0) is 14.7. The molecule has 0 bridgehead atoms. The number of methoxy groups -OCH3 is 1. The lowest BCUT2D eigenvalue weighted by molar-refractivity contribution is 0.419. The monoisotopic (exact) mass is 295 g/mol. The van der Waals surface area contributed by atoms with Crippen LogP contribution in [0.5, 0.6) is 5.75 Å². The van der Waals surface area contributed by atoms with Gasteiger partial charge in [0.05, 0.1) is 12.8 Å². The molecular weight excluding hydrogens is 282 g/mol. The van der Waals surface area contributed by atoms with Gasteiger partial charge in [0.2, 0.25) is 0 Å². The van der Waals surface area contributed by atoms with Crippen LogP contribution in [0.25, 0.3) is 23.1 Å². The van der Waals surface area contributed by atoms with E-state index < -0.39 is 0 Å². The van der Waals surface area contributed by atoms with Crippen LogP contribution in [0.2, 0.25) is 5.02 Å². The standard InChI is InChI=1S/C18H14ClNO/c1-21-17-4-2-3-14-8-12-16(20-18(14)17)11-7-13-5-9-15(19)10-6-13/h2-12H,1H3. The summed E-state index contributed by atoms with van der Waals surface area (Å²) in [5.74, 6) is 0.786. The topological polar surface area (TPSA) is 22.1 Å². The molecule has 0 aliphatic rings. The highest BCUT2D eigenvalue weighted by Gasteiger charge is 2.02. The lowest BCUT2D eigenvalue weighted by Gasteiger charge is -2.05. The van der Waals surface area contributed by atoms with Crippen LogP contribution in [-0.4, -0.2) is 12.1 Å². The van der Waals surface area contributed by atoms with Crippen LogP contribution in [0.1, 0.15) is 11.3 Å². The van der Waals surface area contributed by atoms with E-state index in [9.17, 15) is 0 Å². The molecule has 3 rings (SSSR count). The van der Waals surface area contributed by atoms with E-state index >= 15 is 0 Å². The number of aromatic nitrogens is 1. The number of rotatable bonds is 3. The summed E-state index contributed by atoms with van der Waals surface area (Å²) in [5.41, 5.74) is 2.85. The fourth-order valence-electron chi connectivity index (χ4n) is 2.15. The van der Waals surface area contributed by atoms with Gasteiger partial charge in [-0.2, -0.15) is 0 Å². The zero-order valence-electron chi connectivity index (χ0n) is 11.6. The Morgan fingerprint density at radius 1 is 0.952 bits per heavy atom. The summed E-state index contributed by atoms with van der Waals surface area (Å²) in [7, 11) is 1.66. The Morgan fingerprint density at radius 2 is 1.76 bits per heavy atom. The van der Waals surface area contributed by atoms with Gasteiger partial charge in [0, 0.05) is 10.4 Å². The predicted octanol–water partition coefficient (Wildman–Crippen LogP) is 5.07. The SMILES string of the molecule is COc1cccc2ccc(C=Cc3ccc(Cl)cc3)nc12. The number of hydrogen-bond donors (Lipinski definition) is 0. The number of halogens is 1. The molecular formula is C18H14ClNO. The Labute approximate surface area is 128 Å². The minimum Gasteiger partial charge on any atom is -0.494 e. The summed E-state index contributed by atoms with van der Waals surface area (Å²) in [5, 5.41) is 1.80. The van der Waals surface area contributed by atoms with E-state index in [1.807, 2.05) is 66.7 Å². The Morgan fingerprint density at radius 3 is 2.52 bits per heavy atom. The molecule has 0 aliphatic heterocycles. The van der Waals surface area contributed by atoms with Crippen LogP contribution >= 0.6 is 11.6 Å². The maximum Gasteiger partial charge on any atom is 0.145 e. The number of nitrogens with zero attached hydrogens (tertiary/aromatic N) is 1. The maximum atomic E-state index is 5.88. The molecule has 0 atom stereocenters. The molecule has 0 unspecified atom stereocenters. The Hall–Kier alpha value is -2.32. The zero-order valence-corrected chi connectivity index (χ0v) is 12.3. The van der Waals surface area contributed by atoms with Crippen molar-refractivity contribution in [3.8, 4) is 5.75 Å². The molecule has 21 heavy (non-hydrogen) atoms. The number of hydrogen-bond acceptors (Lipinski definition) is 2. The van der Waals surface area contributed by atoms with Crippen LogP contribution in [-0.2, 0) is 0 Å². The van der Waals surface area contributed by atoms with Gasteiger partial charge < -0.3 is 4.74 Å². The largest absolute Gasteiger partial charge is 0.494 e. The summed E-state index contributed by atoms with van der Waals surface area (Å²) in [4.78, 5) is 4.64. The highest BCUT2D eigenvalue weighted by atomic mass is 35.5. The van der Waals surface area contributed by atoms with Crippen LogP contribution < -0.4 is 4.74 Å². The second-order valence-corrected chi connectivity index (χ2v) is 5.09. The minimum absolute atomic E-state index is 0.737. The lowest BCUT2D eigenvalue weighted by Crippen LogP contribution is -1.89. The molecule has 0 radical (unpaired) electrons. The van der Waals surface area contributed by atoms with Crippen LogP contribution in [0, 0.1) is 0 Å². The van der Waals surface area contributed by atoms with Crippen molar-refractivity contribution in [1.82, 2.24) is 4.98 Å². The molecule has 3 aromatic rings. The number of fused-ring (bicyclic) bond motifs is 1. The Balaban J connectivity index is 1.95. The Kier molecular flexibility index (Phi) is 3.89. The van der Waals surface area contributed by atoms with Crippen molar-refractivity contribution in [1.29, 1.82) is 0 Å². The van der Waals surface area contributed by atoms with Crippen LogP contribution in [0.3, 0.4) is 0 Å². The van der Waals surface area contributed by atoms with Crippen LogP contribution in [0.15, 0.2) is 54.6 Å². The van der Waals surface area contributed by atoms with E-state index in [0.29, 0.717) is 0 Å². The summed E-state index contributed by atoms with van der Waals surface area (Å²) >= 11 is 5.88. The van der Waals surface area contributed by atoms with Gasteiger partial charge >= 0.3 is 0 Å². The first-order valence-corrected chi connectivity index (χ1v) is 7.01. The van der Waals surface area contributed by atoms with Crippen LogP contribution in [0.4, 0.5) is 0 Å². The first-order valence-electron chi connectivity index (χ1n) is 6.64. The van der Waals surface area contributed by atoms with Gasteiger partial charge in [0.1, 0.15) is 11.3 Å². The molecule has 3 heteroatoms. The molecule has 0 saturated carbocycles. The Bertz CT molecular complexity index is 794. The smallest absolute Gasteiger partial charge is 0.145 e. The van der Waals surface area contributed by atoms with Gasteiger partial charge in [0.25, 0.3) is 0 Å². The molecule has 0 spiro atoms.